The molecule has 0 aliphatic rings. The topological polar surface area (TPSA) is 43.4 Å². The van der Waals surface area contributed by atoms with Gasteiger partial charge in [0.2, 0.25) is 5.78 Å². The molecule has 0 atom stereocenters. The zero-order chi connectivity index (χ0) is 14.4. The van der Waals surface area contributed by atoms with E-state index < -0.39 is 5.97 Å². The predicted octanol–water partition coefficient (Wildman–Crippen LogP) is 3.64. The molecular formula is C14H16O3S2. The number of hydrogen-bond acceptors (Lipinski definition) is 5. The van der Waals surface area contributed by atoms with Gasteiger partial charge in [0.05, 0.1) is 4.24 Å². The molecule has 5 heteroatoms. The van der Waals surface area contributed by atoms with E-state index in [1.54, 1.807) is 12.1 Å². The molecule has 0 aromatic heterocycles. The summed E-state index contributed by atoms with van der Waals surface area (Å²) in [6.07, 6.45) is 3.69. The van der Waals surface area contributed by atoms with Crippen molar-refractivity contribution in [2.75, 3.05) is 12.5 Å². The maximum atomic E-state index is 12.4. The molecule has 0 radical (unpaired) electrons. The first kappa shape index (κ1) is 15.9. The van der Waals surface area contributed by atoms with Crippen LogP contribution in [0.15, 0.2) is 34.3 Å². The second-order valence-electron chi connectivity index (χ2n) is 3.81. The number of carbonyl (C=O) groups excluding carboxylic acids is 2. The first-order valence-electron chi connectivity index (χ1n) is 5.61. The van der Waals surface area contributed by atoms with Crippen molar-refractivity contribution < 1.29 is 14.3 Å². The SMILES string of the molecule is CSC(SC)=C(OC(C)=O)C(=O)c1ccc(C)cc1. The Kier molecular flexibility index (Phi) is 6.18. The van der Waals surface area contributed by atoms with Crippen LogP contribution < -0.4 is 0 Å². The second-order valence-corrected chi connectivity index (χ2v) is 5.71. The van der Waals surface area contributed by atoms with Gasteiger partial charge in [-0.1, -0.05) is 29.8 Å². The van der Waals surface area contributed by atoms with Crippen molar-refractivity contribution in [1.82, 2.24) is 0 Å². The minimum Gasteiger partial charge on any atom is -0.421 e. The second kappa shape index (κ2) is 7.40. The molecule has 0 bridgehead atoms. The van der Waals surface area contributed by atoms with Gasteiger partial charge >= 0.3 is 5.97 Å². The van der Waals surface area contributed by atoms with E-state index in [0.717, 1.165) is 5.56 Å². The molecule has 1 aromatic carbocycles. The summed E-state index contributed by atoms with van der Waals surface area (Å²) in [6.45, 7) is 3.24. The molecule has 0 N–H and O–H groups in total. The number of aryl methyl sites for hydroxylation is 1. The average Bonchev–Trinajstić information content (AvgIpc) is 2.38. The Balaban J connectivity index is 3.17. The molecule has 0 heterocycles. The highest BCUT2D eigenvalue weighted by molar-refractivity contribution is 8.21. The van der Waals surface area contributed by atoms with Crippen molar-refractivity contribution in [3.8, 4) is 0 Å². The van der Waals surface area contributed by atoms with Gasteiger partial charge in [-0.25, -0.2) is 0 Å². The summed E-state index contributed by atoms with van der Waals surface area (Å²) >= 11 is 2.78. The normalized spacial score (nSPS) is 9.89. The first-order chi connectivity index (χ1) is 8.99. The van der Waals surface area contributed by atoms with Crippen molar-refractivity contribution >= 4 is 35.3 Å². The number of esters is 1. The smallest absolute Gasteiger partial charge is 0.308 e. The lowest BCUT2D eigenvalue weighted by molar-refractivity contribution is -0.136. The molecule has 0 saturated carbocycles. The van der Waals surface area contributed by atoms with Crippen molar-refractivity contribution in [3.63, 3.8) is 0 Å². The number of carbonyl (C=O) groups is 2. The molecule has 3 nitrogen and oxygen atoms in total. The lowest BCUT2D eigenvalue weighted by Crippen LogP contribution is -2.11. The third-order valence-corrected chi connectivity index (χ3v) is 4.43. The zero-order valence-corrected chi connectivity index (χ0v) is 13.0. The van der Waals surface area contributed by atoms with Crippen molar-refractivity contribution in [2.45, 2.75) is 13.8 Å². The Bertz CT molecular complexity index is 498. The number of Topliss-reactive ketones (excluding diaryl/α,β-unsaturated/α-hetero) is 1. The van der Waals surface area contributed by atoms with Crippen molar-refractivity contribution in [1.29, 1.82) is 0 Å². The minimum absolute atomic E-state index is 0.108. The Hall–Kier alpha value is -1.20. The van der Waals surface area contributed by atoms with Gasteiger partial charge in [-0.15, -0.1) is 23.5 Å². The summed E-state index contributed by atoms with van der Waals surface area (Å²) in [5.41, 5.74) is 1.59. The van der Waals surface area contributed by atoms with Crippen molar-refractivity contribution in [2.24, 2.45) is 0 Å². The number of ether oxygens (including phenoxy) is 1. The van der Waals surface area contributed by atoms with Crippen LogP contribution >= 0.6 is 23.5 Å². The highest BCUT2D eigenvalue weighted by Crippen LogP contribution is 2.30. The van der Waals surface area contributed by atoms with Gasteiger partial charge in [0.1, 0.15) is 0 Å². The van der Waals surface area contributed by atoms with E-state index in [-0.39, 0.29) is 11.5 Å². The summed E-state index contributed by atoms with van der Waals surface area (Å²) in [6, 6.07) is 7.19. The van der Waals surface area contributed by atoms with Crippen LogP contribution in [0.3, 0.4) is 0 Å². The van der Waals surface area contributed by atoms with E-state index in [0.29, 0.717) is 9.80 Å². The fourth-order valence-corrected chi connectivity index (χ4v) is 2.74. The first-order valence-corrected chi connectivity index (χ1v) is 8.06. The van der Waals surface area contributed by atoms with Gasteiger partial charge in [-0.3, -0.25) is 9.59 Å². The Labute approximate surface area is 121 Å². The number of hydrogen-bond donors (Lipinski definition) is 0. The van der Waals surface area contributed by atoms with Crippen LogP contribution in [0.4, 0.5) is 0 Å². The van der Waals surface area contributed by atoms with Gasteiger partial charge in [-0.2, -0.15) is 0 Å². The van der Waals surface area contributed by atoms with Crippen LogP contribution in [0.25, 0.3) is 0 Å². The molecule has 1 rings (SSSR count). The van der Waals surface area contributed by atoms with E-state index in [1.807, 2.05) is 31.6 Å². The average molecular weight is 296 g/mol. The van der Waals surface area contributed by atoms with Gasteiger partial charge in [0.15, 0.2) is 5.76 Å². The molecule has 1 aromatic rings. The van der Waals surface area contributed by atoms with Gasteiger partial charge < -0.3 is 4.74 Å². The molecule has 0 saturated heterocycles. The fourth-order valence-electron chi connectivity index (χ4n) is 1.43. The molecule has 0 spiro atoms. The Morgan fingerprint density at radius 1 is 1.05 bits per heavy atom. The standard InChI is InChI=1S/C14H16O3S2/c1-9-5-7-11(8-6-9)12(16)13(17-10(2)15)14(18-3)19-4/h5-8H,1-4H3. The summed E-state index contributed by atoms with van der Waals surface area (Å²) in [4.78, 5) is 23.5. The van der Waals surface area contributed by atoms with E-state index in [4.69, 9.17) is 4.74 Å². The van der Waals surface area contributed by atoms with E-state index in [9.17, 15) is 9.59 Å². The van der Waals surface area contributed by atoms with Gasteiger partial charge in [0.25, 0.3) is 0 Å². The van der Waals surface area contributed by atoms with Crippen LogP contribution in [-0.4, -0.2) is 24.3 Å². The third kappa shape index (κ3) is 4.44. The molecule has 0 fully saturated rings. The molecule has 102 valence electrons. The minimum atomic E-state index is -0.490. The Morgan fingerprint density at radius 3 is 2.00 bits per heavy atom. The largest absolute Gasteiger partial charge is 0.421 e. The number of benzene rings is 1. The van der Waals surface area contributed by atoms with Crippen molar-refractivity contribution in [3.05, 3.63) is 45.4 Å². The lowest BCUT2D eigenvalue weighted by atomic mass is 10.1. The molecule has 0 aliphatic heterocycles. The van der Waals surface area contributed by atoms with Crippen LogP contribution in [0, 0.1) is 6.92 Å². The number of allylic oxidation sites excluding steroid dienone is 1. The van der Waals surface area contributed by atoms with Crippen LogP contribution in [0.1, 0.15) is 22.8 Å². The predicted molar refractivity (Wildman–Crippen MR) is 81.3 cm³/mol. The highest BCUT2D eigenvalue weighted by Gasteiger charge is 2.20. The number of rotatable bonds is 5. The lowest BCUT2D eigenvalue weighted by Gasteiger charge is -2.10. The van der Waals surface area contributed by atoms with Crippen LogP contribution in [0.2, 0.25) is 0 Å². The molecule has 0 unspecified atom stereocenters. The molecular weight excluding hydrogens is 280 g/mol. The molecule has 0 aliphatic carbocycles. The monoisotopic (exact) mass is 296 g/mol. The van der Waals surface area contributed by atoms with Gasteiger partial charge in [-0.05, 0) is 19.4 Å². The summed E-state index contributed by atoms with van der Waals surface area (Å²) in [5.74, 6) is -0.652. The fraction of sp³-hybridized carbons (Fsp3) is 0.286. The molecule has 19 heavy (non-hydrogen) atoms. The number of ketones is 1. The Morgan fingerprint density at radius 2 is 1.58 bits per heavy atom. The quantitative estimate of drug-likeness (QED) is 0.359. The summed E-state index contributed by atoms with van der Waals surface area (Å²) in [7, 11) is 0. The maximum absolute atomic E-state index is 12.4. The highest BCUT2D eigenvalue weighted by atomic mass is 32.2. The van der Waals surface area contributed by atoms with Crippen LogP contribution in [0.5, 0.6) is 0 Å². The van der Waals surface area contributed by atoms with E-state index >= 15 is 0 Å². The third-order valence-electron chi connectivity index (χ3n) is 2.32. The maximum Gasteiger partial charge on any atom is 0.308 e. The summed E-state index contributed by atoms with van der Waals surface area (Å²) < 4.78 is 5.79. The van der Waals surface area contributed by atoms with Crippen LogP contribution in [-0.2, 0) is 9.53 Å². The van der Waals surface area contributed by atoms with E-state index in [1.165, 1.54) is 30.4 Å². The number of thioether (sulfide) groups is 2. The van der Waals surface area contributed by atoms with E-state index in [2.05, 4.69) is 0 Å². The summed E-state index contributed by atoms with van der Waals surface area (Å²) in [5, 5.41) is 0. The zero-order valence-electron chi connectivity index (χ0n) is 11.4. The molecule has 0 amide bonds. The van der Waals surface area contributed by atoms with Gasteiger partial charge in [0, 0.05) is 12.5 Å².